The van der Waals surface area contributed by atoms with Crippen LogP contribution in [0, 0.1) is 0 Å². The zero-order valence-electron chi connectivity index (χ0n) is 10.9. The number of nitrogens with two attached hydrogens (primary N) is 1. The van der Waals surface area contributed by atoms with Crippen molar-refractivity contribution >= 4 is 11.6 Å². The van der Waals surface area contributed by atoms with Gasteiger partial charge in [-0.15, -0.1) is 0 Å². The molecule has 0 radical (unpaired) electrons. The smallest absolute Gasteiger partial charge is 0.257 e. The summed E-state index contributed by atoms with van der Waals surface area (Å²) in [5.41, 5.74) is 6.49. The number of aliphatic hydroxyl groups excluding tert-OH is 1. The van der Waals surface area contributed by atoms with Crippen molar-refractivity contribution in [3.63, 3.8) is 0 Å². The first-order valence-electron chi connectivity index (χ1n) is 5.87. The van der Waals surface area contributed by atoms with Crippen molar-refractivity contribution in [1.29, 1.82) is 0 Å². The second kappa shape index (κ2) is 6.26. The Morgan fingerprint density at radius 2 is 2.17 bits per heavy atom. The standard InChI is InChI=1S/C13H20N2O3/c1-8(7-9(2)16)15-13(17)12-10(14)5-4-6-11(12)18-3/h4-6,8-9,16H,7,14H2,1-3H3,(H,15,17). The molecule has 1 amide bonds. The lowest BCUT2D eigenvalue weighted by Gasteiger charge is -2.17. The van der Waals surface area contributed by atoms with Crippen LogP contribution < -0.4 is 15.8 Å². The number of benzene rings is 1. The third kappa shape index (κ3) is 3.63. The second-order valence-corrected chi connectivity index (χ2v) is 4.38. The summed E-state index contributed by atoms with van der Waals surface area (Å²) in [6, 6.07) is 4.92. The van der Waals surface area contributed by atoms with Crippen LogP contribution in [-0.4, -0.2) is 30.3 Å². The van der Waals surface area contributed by atoms with Gasteiger partial charge >= 0.3 is 0 Å². The molecule has 0 fully saturated rings. The quantitative estimate of drug-likeness (QED) is 0.687. The predicted octanol–water partition coefficient (Wildman–Crippen LogP) is 1.17. The number of nitrogens with one attached hydrogen (secondary N) is 1. The van der Waals surface area contributed by atoms with Crippen molar-refractivity contribution in [2.24, 2.45) is 0 Å². The average molecular weight is 252 g/mol. The molecule has 100 valence electrons. The van der Waals surface area contributed by atoms with E-state index in [9.17, 15) is 9.90 Å². The number of aliphatic hydroxyl groups is 1. The number of ether oxygens (including phenoxy) is 1. The van der Waals surface area contributed by atoms with E-state index >= 15 is 0 Å². The molecule has 4 N–H and O–H groups in total. The van der Waals surface area contributed by atoms with Gasteiger partial charge in [-0.3, -0.25) is 4.79 Å². The maximum Gasteiger partial charge on any atom is 0.257 e. The van der Waals surface area contributed by atoms with Gasteiger partial charge < -0.3 is 20.9 Å². The number of hydrogen-bond donors (Lipinski definition) is 3. The molecule has 1 aromatic rings. The van der Waals surface area contributed by atoms with Crippen molar-refractivity contribution in [2.45, 2.75) is 32.4 Å². The van der Waals surface area contributed by atoms with Gasteiger partial charge in [0.25, 0.3) is 5.91 Å². The Kier molecular flexibility index (Phi) is 4.97. The number of hydrogen-bond acceptors (Lipinski definition) is 4. The van der Waals surface area contributed by atoms with Crippen LogP contribution in [0.1, 0.15) is 30.6 Å². The highest BCUT2D eigenvalue weighted by atomic mass is 16.5. The van der Waals surface area contributed by atoms with Crippen molar-refractivity contribution in [3.8, 4) is 5.75 Å². The number of nitrogen functional groups attached to an aromatic ring is 1. The predicted molar refractivity (Wildman–Crippen MR) is 70.6 cm³/mol. The molecule has 0 heterocycles. The molecular weight excluding hydrogens is 232 g/mol. The fourth-order valence-electron chi connectivity index (χ4n) is 1.83. The summed E-state index contributed by atoms with van der Waals surface area (Å²) in [5.74, 6) is 0.148. The number of carbonyl (C=O) groups is 1. The minimum Gasteiger partial charge on any atom is -0.496 e. The Hall–Kier alpha value is -1.75. The molecule has 0 saturated carbocycles. The summed E-state index contributed by atoms with van der Waals surface area (Å²) in [7, 11) is 1.49. The van der Waals surface area contributed by atoms with Gasteiger partial charge in [-0.25, -0.2) is 0 Å². The van der Waals surface area contributed by atoms with Crippen LogP contribution in [0.25, 0.3) is 0 Å². The summed E-state index contributed by atoms with van der Waals surface area (Å²) in [6.45, 7) is 3.51. The van der Waals surface area contributed by atoms with Crippen molar-refractivity contribution in [1.82, 2.24) is 5.32 Å². The van der Waals surface area contributed by atoms with E-state index < -0.39 is 6.10 Å². The molecule has 5 nitrogen and oxygen atoms in total. The van der Waals surface area contributed by atoms with Gasteiger partial charge in [-0.1, -0.05) is 6.07 Å². The molecular formula is C13H20N2O3. The molecule has 0 aliphatic heterocycles. The van der Waals surface area contributed by atoms with Gasteiger partial charge in [0.1, 0.15) is 11.3 Å². The first-order chi connectivity index (χ1) is 8.45. The van der Waals surface area contributed by atoms with Crippen LogP contribution in [0.3, 0.4) is 0 Å². The Bertz CT molecular complexity index is 419. The van der Waals surface area contributed by atoms with E-state index in [4.69, 9.17) is 10.5 Å². The van der Waals surface area contributed by atoms with Gasteiger partial charge in [0.2, 0.25) is 0 Å². The van der Waals surface area contributed by atoms with Crippen molar-refractivity contribution in [3.05, 3.63) is 23.8 Å². The highest BCUT2D eigenvalue weighted by Gasteiger charge is 2.18. The summed E-state index contributed by atoms with van der Waals surface area (Å²) in [6.07, 6.45) is 0.0242. The van der Waals surface area contributed by atoms with Crippen LogP contribution in [0.15, 0.2) is 18.2 Å². The Morgan fingerprint density at radius 3 is 2.72 bits per heavy atom. The maximum atomic E-state index is 12.1. The van der Waals surface area contributed by atoms with Gasteiger partial charge in [-0.05, 0) is 32.4 Å². The average Bonchev–Trinajstić information content (AvgIpc) is 2.26. The number of carbonyl (C=O) groups excluding carboxylic acids is 1. The fraction of sp³-hybridized carbons (Fsp3) is 0.462. The van der Waals surface area contributed by atoms with E-state index in [1.807, 2.05) is 6.92 Å². The van der Waals surface area contributed by atoms with Crippen molar-refractivity contribution < 1.29 is 14.6 Å². The first-order valence-corrected chi connectivity index (χ1v) is 5.87. The molecule has 18 heavy (non-hydrogen) atoms. The summed E-state index contributed by atoms with van der Waals surface area (Å²) in [5, 5.41) is 12.0. The van der Waals surface area contributed by atoms with Crippen molar-refractivity contribution in [2.75, 3.05) is 12.8 Å². The molecule has 1 rings (SSSR count). The maximum absolute atomic E-state index is 12.1. The van der Waals surface area contributed by atoms with E-state index in [1.54, 1.807) is 25.1 Å². The van der Waals surface area contributed by atoms with Gasteiger partial charge in [0.05, 0.1) is 13.2 Å². The Balaban J connectivity index is 2.84. The van der Waals surface area contributed by atoms with Gasteiger partial charge in [0, 0.05) is 11.7 Å². The lowest BCUT2D eigenvalue weighted by molar-refractivity contribution is 0.0921. The van der Waals surface area contributed by atoms with Gasteiger partial charge in [0.15, 0.2) is 0 Å². The van der Waals surface area contributed by atoms with Crippen LogP contribution in [0.2, 0.25) is 0 Å². The zero-order valence-corrected chi connectivity index (χ0v) is 10.9. The molecule has 0 bridgehead atoms. The normalized spacial score (nSPS) is 13.8. The SMILES string of the molecule is COc1cccc(N)c1C(=O)NC(C)CC(C)O. The summed E-state index contributed by atoms with van der Waals surface area (Å²) in [4.78, 5) is 12.1. The lowest BCUT2D eigenvalue weighted by Crippen LogP contribution is -2.35. The highest BCUT2D eigenvalue weighted by Crippen LogP contribution is 2.24. The Labute approximate surface area is 107 Å². The largest absolute Gasteiger partial charge is 0.496 e. The van der Waals surface area contributed by atoms with Gasteiger partial charge in [-0.2, -0.15) is 0 Å². The monoisotopic (exact) mass is 252 g/mol. The number of amides is 1. The van der Waals surface area contributed by atoms with Crippen LogP contribution in [-0.2, 0) is 0 Å². The first kappa shape index (κ1) is 14.3. The van der Waals surface area contributed by atoms with Crippen LogP contribution >= 0.6 is 0 Å². The second-order valence-electron chi connectivity index (χ2n) is 4.38. The third-order valence-electron chi connectivity index (χ3n) is 2.58. The number of anilines is 1. The van der Waals surface area contributed by atoms with E-state index in [-0.39, 0.29) is 11.9 Å². The van der Waals surface area contributed by atoms with E-state index in [0.29, 0.717) is 23.4 Å². The fourth-order valence-corrected chi connectivity index (χ4v) is 1.83. The minimum absolute atomic E-state index is 0.137. The number of methoxy groups -OCH3 is 1. The molecule has 0 aromatic heterocycles. The molecule has 2 unspecified atom stereocenters. The van der Waals surface area contributed by atoms with E-state index in [0.717, 1.165) is 0 Å². The minimum atomic E-state index is -0.463. The highest BCUT2D eigenvalue weighted by molar-refractivity contribution is 6.02. The molecule has 0 spiro atoms. The third-order valence-corrected chi connectivity index (χ3v) is 2.58. The van der Waals surface area contributed by atoms with Crippen LogP contribution in [0.5, 0.6) is 5.75 Å². The lowest BCUT2D eigenvalue weighted by atomic mass is 10.1. The molecule has 2 atom stereocenters. The van der Waals surface area contributed by atoms with E-state index in [1.165, 1.54) is 7.11 Å². The number of rotatable bonds is 5. The summed E-state index contributed by atoms with van der Waals surface area (Å²) < 4.78 is 5.12. The summed E-state index contributed by atoms with van der Waals surface area (Å²) >= 11 is 0. The molecule has 5 heteroatoms. The topological polar surface area (TPSA) is 84.6 Å². The van der Waals surface area contributed by atoms with E-state index in [2.05, 4.69) is 5.32 Å². The molecule has 0 aliphatic carbocycles. The molecule has 0 saturated heterocycles. The molecule has 0 aliphatic rings. The zero-order chi connectivity index (χ0) is 13.7. The Morgan fingerprint density at radius 1 is 1.50 bits per heavy atom. The van der Waals surface area contributed by atoms with Crippen LogP contribution in [0.4, 0.5) is 5.69 Å². The molecule has 1 aromatic carbocycles.